The van der Waals surface area contributed by atoms with Gasteiger partial charge < -0.3 is 18.9 Å². The first-order chi connectivity index (χ1) is 15.8. The van der Waals surface area contributed by atoms with Crippen LogP contribution >= 0.6 is 0 Å². The van der Waals surface area contributed by atoms with Crippen molar-refractivity contribution in [3.63, 3.8) is 0 Å². The summed E-state index contributed by atoms with van der Waals surface area (Å²) in [5.74, 6) is 1.40. The van der Waals surface area contributed by atoms with Crippen molar-refractivity contribution in [2.75, 3.05) is 33.4 Å². The fourth-order valence-corrected chi connectivity index (χ4v) is 6.86. The van der Waals surface area contributed by atoms with Gasteiger partial charge in [0.05, 0.1) is 25.2 Å². The lowest BCUT2D eigenvalue weighted by Gasteiger charge is -2.35. The second kappa shape index (κ2) is 9.82. The van der Waals surface area contributed by atoms with Gasteiger partial charge in [-0.1, -0.05) is 6.42 Å². The highest BCUT2D eigenvalue weighted by molar-refractivity contribution is 7.89. The van der Waals surface area contributed by atoms with E-state index in [0.29, 0.717) is 47.8 Å². The van der Waals surface area contributed by atoms with Gasteiger partial charge in [0.15, 0.2) is 0 Å². The minimum Gasteiger partial charge on any atom is -0.497 e. The number of benzene rings is 1. The lowest BCUT2D eigenvalue weighted by molar-refractivity contribution is -0.138. The zero-order chi connectivity index (χ0) is 23.6. The second-order valence-corrected chi connectivity index (χ2v) is 10.6. The maximum Gasteiger partial charge on any atom is 0.249 e. The third-order valence-electron chi connectivity index (χ3n) is 6.44. The number of carbonyl (C=O) groups excluding carboxylic acids is 1. The largest absolute Gasteiger partial charge is 0.497 e. The van der Waals surface area contributed by atoms with Gasteiger partial charge in [0, 0.05) is 38.1 Å². The fraction of sp³-hybridized carbons (Fsp3) is 0.565. The summed E-state index contributed by atoms with van der Waals surface area (Å²) >= 11 is 0. The van der Waals surface area contributed by atoms with Crippen LogP contribution < -0.4 is 4.74 Å². The van der Waals surface area contributed by atoms with Crippen LogP contribution in [0.1, 0.15) is 36.2 Å². The number of hydrogen-bond donors (Lipinski definition) is 0. The molecule has 1 atom stereocenters. The summed E-state index contributed by atoms with van der Waals surface area (Å²) in [5, 5.41) is 0. The number of rotatable bonds is 7. The molecule has 1 aromatic carbocycles. The Morgan fingerprint density at radius 1 is 1.15 bits per heavy atom. The van der Waals surface area contributed by atoms with E-state index in [2.05, 4.69) is 4.98 Å². The highest BCUT2D eigenvalue weighted by Gasteiger charge is 2.35. The van der Waals surface area contributed by atoms with Gasteiger partial charge in [-0.05, 0) is 49.9 Å². The quantitative estimate of drug-likeness (QED) is 0.608. The molecule has 0 bridgehead atoms. The minimum absolute atomic E-state index is 0.0638. The van der Waals surface area contributed by atoms with Gasteiger partial charge >= 0.3 is 0 Å². The first-order valence-electron chi connectivity index (χ1n) is 11.3. The first kappa shape index (κ1) is 23.7. The predicted octanol–water partition coefficient (Wildman–Crippen LogP) is 2.11. The number of aryl methyl sites for hydroxylation is 2. The van der Waals surface area contributed by atoms with Crippen LogP contribution in [-0.2, 0) is 32.6 Å². The molecule has 2 aliphatic rings. The van der Waals surface area contributed by atoms with E-state index in [1.807, 2.05) is 10.8 Å². The molecule has 0 radical (unpaired) electrons. The van der Waals surface area contributed by atoms with Crippen molar-refractivity contribution in [1.29, 1.82) is 0 Å². The Kier molecular flexibility index (Phi) is 7.06. The lowest BCUT2D eigenvalue weighted by atomic mass is 10.1. The molecule has 0 spiro atoms. The van der Waals surface area contributed by atoms with Crippen LogP contribution in [0, 0.1) is 13.8 Å². The van der Waals surface area contributed by atoms with E-state index < -0.39 is 10.0 Å². The molecule has 1 unspecified atom stereocenters. The van der Waals surface area contributed by atoms with Gasteiger partial charge in [0.2, 0.25) is 15.9 Å². The molecular weight excluding hydrogens is 444 g/mol. The van der Waals surface area contributed by atoms with Gasteiger partial charge in [0.25, 0.3) is 0 Å². The summed E-state index contributed by atoms with van der Waals surface area (Å²) in [6, 6.07) is 3.20. The van der Waals surface area contributed by atoms with E-state index in [1.54, 1.807) is 48.5 Å². The van der Waals surface area contributed by atoms with Crippen LogP contribution in [0.4, 0.5) is 0 Å². The summed E-state index contributed by atoms with van der Waals surface area (Å²) in [7, 11) is -2.14. The molecule has 10 heteroatoms. The molecule has 1 fully saturated rings. The highest BCUT2D eigenvalue weighted by atomic mass is 32.2. The summed E-state index contributed by atoms with van der Waals surface area (Å²) in [4.78, 5) is 19.0. The minimum atomic E-state index is -3.70. The number of nitrogens with zero attached hydrogens (tertiary/aromatic N) is 4. The van der Waals surface area contributed by atoms with E-state index >= 15 is 0 Å². The first-order valence-corrected chi connectivity index (χ1v) is 12.8. The van der Waals surface area contributed by atoms with Gasteiger partial charge in [-0.3, -0.25) is 4.79 Å². The van der Waals surface area contributed by atoms with E-state index in [4.69, 9.17) is 9.47 Å². The lowest BCUT2D eigenvalue weighted by Crippen LogP contribution is -2.47. The molecule has 4 rings (SSSR count). The molecule has 2 aliphatic heterocycles. The van der Waals surface area contributed by atoms with Gasteiger partial charge in [-0.2, -0.15) is 4.31 Å². The normalized spacial score (nSPS) is 19.4. The molecule has 9 nitrogen and oxygen atoms in total. The third-order valence-corrected chi connectivity index (χ3v) is 8.70. The maximum atomic E-state index is 13.6. The van der Waals surface area contributed by atoms with Crippen LogP contribution in [0.5, 0.6) is 5.75 Å². The molecule has 2 aromatic rings. The zero-order valence-electron chi connectivity index (χ0n) is 19.5. The summed E-state index contributed by atoms with van der Waals surface area (Å²) < 4.78 is 41.9. The number of ether oxygens (including phenoxy) is 2. The van der Waals surface area contributed by atoms with E-state index in [0.717, 1.165) is 25.2 Å². The average molecular weight is 477 g/mol. The fourth-order valence-electron chi connectivity index (χ4n) is 4.77. The van der Waals surface area contributed by atoms with Crippen molar-refractivity contribution < 1.29 is 22.7 Å². The standard InChI is InChI=1S/C23H32N4O5S/c1-17-12-20(31-3)13-18(2)23(17)33(29,30)27-8-5-4-6-19(27)15-32-16-22(28)26-11-10-25-9-7-24-21(25)14-26/h7,9,12-13,19H,4-6,8,10-11,14-16H2,1-3H3. The van der Waals surface area contributed by atoms with Crippen molar-refractivity contribution >= 4 is 15.9 Å². The zero-order valence-corrected chi connectivity index (χ0v) is 20.3. The van der Waals surface area contributed by atoms with Crippen LogP contribution in [0.15, 0.2) is 29.4 Å². The predicted molar refractivity (Wildman–Crippen MR) is 122 cm³/mol. The van der Waals surface area contributed by atoms with E-state index in [-0.39, 0.29) is 25.2 Å². The maximum absolute atomic E-state index is 13.6. The van der Waals surface area contributed by atoms with Crippen molar-refractivity contribution in [1.82, 2.24) is 18.8 Å². The second-order valence-electron chi connectivity index (χ2n) is 8.72. The van der Waals surface area contributed by atoms with Crippen LogP contribution in [0.2, 0.25) is 0 Å². The number of sulfonamides is 1. The highest BCUT2D eigenvalue weighted by Crippen LogP contribution is 2.32. The molecular formula is C23H32N4O5S. The number of fused-ring (bicyclic) bond motifs is 1. The Hall–Kier alpha value is -2.43. The summed E-state index contributed by atoms with van der Waals surface area (Å²) in [6.45, 7) is 5.97. The number of imidazole rings is 1. The number of methoxy groups -OCH3 is 1. The SMILES string of the molecule is COc1cc(C)c(S(=O)(=O)N2CCCCC2COCC(=O)N2CCn3ccnc3C2)c(C)c1. The molecule has 0 aliphatic carbocycles. The van der Waals surface area contributed by atoms with E-state index in [9.17, 15) is 13.2 Å². The van der Waals surface area contributed by atoms with Crippen molar-refractivity contribution in [3.8, 4) is 5.75 Å². The number of aromatic nitrogens is 2. The molecule has 0 N–H and O–H groups in total. The van der Waals surface area contributed by atoms with Crippen LogP contribution in [-0.4, -0.2) is 72.5 Å². The van der Waals surface area contributed by atoms with Gasteiger partial charge in [-0.15, -0.1) is 0 Å². The Bertz CT molecular complexity index is 1090. The molecule has 1 aromatic heterocycles. The number of amides is 1. The summed E-state index contributed by atoms with van der Waals surface area (Å²) in [6.07, 6.45) is 6.11. The monoisotopic (exact) mass is 476 g/mol. The van der Waals surface area contributed by atoms with Gasteiger partial charge in [0.1, 0.15) is 18.2 Å². The average Bonchev–Trinajstić information content (AvgIpc) is 3.26. The Morgan fingerprint density at radius 3 is 2.64 bits per heavy atom. The third kappa shape index (κ3) is 4.92. The number of hydrogen-bond acceptors (Lipinski definition) is 6. The van der Waals surface area contributed by atoms with Crippen LogP contribution in [0.3, 0.4) is 0 Å². The molecule has 0 saturated carbocycles. The molecule has 3 heterocycles. The smallest absolute Gasteiger partial charge is 0.249 e. The Morgan fingerprint density at radius 2 is 1.91 bits per heavy atom. The van der Waals surface area contributed by atoms with Crippen molar-refractivity contribution in [3.05, 3.63) is 41.5 Å². The number of piperidine rings is 1. The van der Waals surface area contributed by atoms with Gasteiger partial charge in [-0.25, -0.2) is 13.4 Å². The molecule has 1 amide bonds. The van der Waals surface area contributed by atoms with Crippen molar-refractivity contribution in [2.24, 2.45) is 0 Å². The van der Waals surface area contributed by atoms with E-state index in [1.165, 1.54) is 0 Å². The molecule has 33 heavy (non-hydrogen) atoms. The topological polar surface area (TPSA) is 94.0 Å². The number of carbonyl (C=O) groups is 1. The molecule has 1 saturated heterocycles. The van der Waals surface area contributed by atoms with Crippen molar-refractivity contribution in [2.45, 2.75) is 57.1 Å². The Labute approximate surface area is 195 Å². The molecule has 180 valence electrons. The Balaban J connectivity index is 1.41. The van der Waals surface area contributed by atoms with Crippen LogP contribution in [0.25, 0.3) is 0 Å². The summed E-state index contributed by atoms with van der Waals surface area (Å²) in [5.41, 5.74) is 1.33.